The predicted molar refractivity (Wildman–Crippen MR) is 112 cm³/mol. The van der Waals surface area contributed by atoms with Gasteiger partial charge in [0, 0.05) is 35.2 Å². The maximum Gasteiger partial charge on any atom is 0.257 e. The van der Waals surface area contributed by atoms with Crippen molar-refractivity contribution in [2.75, 3.05) is 10.6 Å². The lowest BCUT2D eigenvalue weighted by Gasteiger charge is -2.18. The summed E-state index contributed by atoms with van der Waals surface area (Å²) in [6.07, 6.45) is 5.02. The molecule has 2 heterocycles. The SMILES string of the molecule is O=C(Nc1nccs1)c1ccc(NC(=O)C(c2ccccc2)n2cccn2)cc1. The van der Waals surface area contributed by atoms with Gasteiger partial charge in [0.2, 0.25) is 0 Å². The Morgan fingerprint density at radius 1 is 0.931 bits per heavy atom. The Morgan fingerprint density at radius 3 is 2.38 bits per heavy atom. The molecule has 0 bridgehead atoms. The van der Waals surface area contributed by atoms with E-state index in [1.807, 2.05) is 30.3 Å². The first-order valence-electron chi connectivity index (χ1n) is 8.86. The molecule has 0 fully saturated rings. The topological polar surface area (TPSA) is 88.9 Å². The standard InChI is InChI=1S/C21H17N5O2S/c27-19(25-21-22-12-14-29-21)16-7-9-17(10-8-16)24-20(28)18(26-13-4-11-23-26)15-5-2-1-3-6-15/h1-14,18H,(H,24,28)(H,22,25,27). The first kappa shape index (κ1) is 18.6. The lowest BCUT2D eigenvalue weighted by atomic mass is 10.1. The minimum atomic E-state index is -0.598. The summed E-state index contributed by atoms with van der Waals surface area (Å²) >= 11 is 1.35. The van der Waals surface area contributed by atoms with E-state index >= 15 is 0 Å². The first-order valence-corrected chi connectivity index (χ1v) is 9.74. The van der Waals surface area contributed by atoms with Crippen LogP contribution in [0.2, 0.25) is 0 Å². The van der Waals surface area contributed by atoms with E-state index in [1.165, 1.54) is 11.3 Å². The number of aromatic nitrogens is 3. The Morgan fingerprint density at radius 2 is 1.72 bits per heavy atom. The molecule has 0 radical (unpaired) electrons. The molecule has 2 N–H and O–H groups in total. The third-order valence-corrected chi connectivity index (χ3v) is 4.91. The molecule has 2 aromatic heterocycles. The Bertz CT molecular complexity index is 1080. The Balaban J connectivity index is 1.49. The quantitative estimate of drug-likeness (QED) is 0.512. The fourth-order valence-electron chi connectivity index (χ4n) is 2.86. The lowest BCUT2D eigenvalue weighted by molar-refractivity contribution is -0.118. The zero-order valence-corrected chi connectivity index (χ0v) is 16.0. The molecule has 0 aliphatic carbocycles. The van der Waals surface area contributed by atoms with Crippen molar-refractivity contribution in [1.82, 2.24) is 14.8 Å². The maximum absolute atomic E-state index is 13.0. The summed E-state index contributed by atoms with van der Waals surface area (Å²) in [6, 6.07) is 17.3. The summed E-state index contributed by atoms with van der Waals surface area (Å²) in [4.78, 5) is 29.3. The number of thiazole rings is 1. The fraction of sp³-hybridized carbons (Fsp3) is 0.0476. The van der Waals surface area contributed by atoms with Crippen molar-refractivity contribution in [3.63, 3.8) is 0 Å². The number of benzene rings is 2. The van der Waals surface area contributed by atoms with Crippen LogP contribution in [0.4, 0.5) is 10.8 Å². The van der Waals surface area contributed by atoms with Crippen LogP contribution in [0, 0.1) is 0 Å². The summed E-state index contributed by atoms with van der Waals surface area (Å²) in [5, 5.41) is 12.2. The Labute approximate surface area is 171 Å². The smallest absolute Gasteiger partial charge is 0.257 e. The van der Waals surface area contributed by atoms with Crippen molar-refractivity contribution >= 4 is 34.0 Å². The highest BCUT2D eigenvalue weighted by molar-refractivity contribution is 7.13. The second-order valence-electron chi connectivity index (χ2n) is 6.16. The summed E-state index contributed by atoms with van der Waals surface area (Å²) in [6.45, 7) is 0. The lowest BCUT2D eigenvalue weighted by Crippen LogP contribution is -2.27. The molecule has 4 aromatic rings. The van der Waals surface area contributed by atoms with E-state index in [0.717, 1.165) is 5.56 Å². The molecule has 7 nitrogen and oxygen atoms in total. The van der Waals surface area contributed by atoms with Crippen LogP contribution in [-0.4, -0.2) is 26.6 Å². The Kier molecular flexibility index (Phi) is 5.44. The highest BCUT2D eigenvalue weighted by Gasteiger charge is 2.23. The molecule has 0 saturated heterocycles. The zero-order chi connectivity index (χ0) is 20.1. The maximum atomic E-state index is 13.0. The highest BCUT2D eigenvalue weighted by atomic mass is 32.1. The van der Waals surface area contributed by atoms with Crippen molar-refractivity contribution in [1.29, 1.82) is 0 Å². The van der Waals surface area contributed by atoms with E-state index < -0.39 is 6.04 Å². The van der Waals surface area contributed by atoms with Crippen LogP contribution in [0.1, 0.15) is 22.0 Å². The van der Waals surface area contributed by atoms with E-state index in [2.05, 4.69) is 20.7 Å². The van der Waals surface area contributed by atoms with Crippen LogP contribution in [0.3, 0.4) is 0 Å². The van der Waals surface area contributed by atoms with Gasteiger partial charge in [-0.3, -0.25) is 19.6 Å². The molecule has 0 aliphatic rings. The van der Waals surface area contributed by atoms with Crippen LogP contribution in [0.5, 0.6) is 0 Å². The molecule has 29 heavy (non-hydrogen) atoms. The van der Waals surface area contributed by atoms with E-state index in [4.69, 9.17) is 0 Å². The van der Waals surface area contributed by atoms with Gasteiger partial charge in [-0.15, -0.1) is 11.3 Å². The van der Waals surface area contributed by atoms with Gasteiger partial charge in [-0.05, 0) is 35.9 Å². The van der Waals surface area contributed by atoms with Crippen molar-refractivity contribution in [2.45, 2.75) is 6.04 Å². The zero-order valence-electron chi connectivity index (χ0n) is 15.2. The Hall–Kier alpha value is -3.78. The molecule has 0 aliphatic heterocycles. The average molecular weight is 403 g/mol. The molecule has 1 atom stereocenters. The van der Waals surface area contributed by atoms with Crippen LogP contribution < -0.4 is 10.6 Å². The molecular formula is C21H17N5O2S. The minimum Gasteiger partial charge on any atom is -0.324 e. The number of nitrogens with one attached hydrogen (secondary N) is 2. The largest absolute Gasteiger partial charge is 0.324 e. The number of amides is 2. The number of rotatable bonds is 6. The number of hydrogen-bond acceptors (Lipinski definition) is 5. The van der Waals surface area contributed by atoms with Crippen molar-refractivity contribution in [3.8, 4) is 0 Å². The van der Waals surface area contributed by atoms with E-state index in [0.29, 0.717) is 16.4 Å². The normalized spacial score (nSPS) is 11.6. The summed E-state index contributed by atoms with van der Waals surface area (Å²) < 4.78 is 1.61. The summed E-state index contributed by atoms with van der Waals surface area (Å²) in [7, 11) is 0. The van der Waals surface area contributed by atoms with Gasteiger partial charge in [0.15, 0.2) is 11.2 Å². The molecule has 2 amide bonds. The number of nitrogens with zero attached hydrogens (tertiary/aromatic N) is 3. The monoisotopic (exact) mass is 403 g/mol. The van der Waals surface area contributed by atoms with Gasteiger partial charge in [-0.2, -0.15) is 5.10 Å². The van der Waals surface area contributed by atoms with Crippen LogP contribution in [0.15, 0.2) is 84.6 Å². The minimum absolute atomic E-state index is 0.222. The molecule has 1 unspecified atom stereocenters. The molecule has 2 aromatic carbocycles. The fourth-order valence-corrected chi connectivity index (χ4v) is 3.39. The number of anilines is 2. The van der Waals surface area contributed by atoms with E-state index in [1.54, 1.807) is 59.0 Å². The summed E-state index contributed by atoms with van der Waals surface area (Å²) in [5.74, 6) is -0.476. The van der Waals surface area contributed by atoms with Gasteiger partial charge >= 0.3 is 0 Å². The van der Waals surface area contributed by atoms with Gasteiger partial charge in [0.25, 0.3) is 11.8 Å². The molecule has 0 saturated carbocycles. The molecule has 144 valence electrons. The van der Waals surface area contributed by atoms with Crippen LogP contribution in [-0.2, 0) is 4.79 Å². The second-order valence-corrected chi connectivity index (χ2v) is 7.05. The number of hydrogen-bond donors (Lipinski definition) is 2. The van der Waals surface area contributed by atoms with Gasteiger partial charge in [0.1, 0.15) is 0 Å². The number of carbonyl (C=O) groups is 2. The van der Waals surface area contributed by atoms with E-state index in [-0.39, 0.29) is 11.8 Å². The number of carbonyl (C=O) groups excluding carboxylic acids is 2. The van der Waals surface area contributed by atoms with Gasteiger partial charge in [-0.1, -0.05) is 30.3 Å². The predicted octanol–water partition coefficient (Wildman–Crippen LogP) is 3.82. The van der Waals surface area contributed by atoms with E-state index in [9.17, 15) is 9.59 Å². The van der Waals surface area contributed by atoms with Crippen LogP contribution >= 0.6 is 11.3 Å². The van der Waals surface area contributed by atoms with Gasteiger partial charge in [0.05, 0.1) is 0 Å². The highest BCUT2D eigenvalue weighted by Crippen LogP contribution is 2.21. The summed E-state index contributed by atoms with van der Waals surface area (Å²) in [5.41, 5.74) is 1.90. The van der Waals surface area contributed by atoms with Crippen molar-refractivity contribution < 1.29 is 9.59 Å². The van der Waals surface area contributed by atoms with Crippen LogP contribution in [0.25, 0.3) is 0 Å². The van der Waals surface area contributed by atoms with Crippen molar-refractivity contribution in [2.24, 2.45) is 0 Å². The van der Waals surface area contributed by atoms with Gasteiger partial charge in [-0.25, -0.2) is 4.98 Å². The third-order valence-electron chi connectivity index (χ3n) is 4.22. The average Bonchev–Trinajstić information content (AvgIpc) is 3.44. The second kappa shape index (κ2) is 8.49. The third kappa shape index (κ3) is 4.39. The first-order chi connectivity index (χ1) is 14.2. The molecule has 4 rings (SSSR count). The molecular weight excluding hydrogens is 386 g/mol. The van der Waals surface area contributed by atoms with Gasteiger partial charge < -0.3 is 5.32 Å². The molecule has 0 spiro atoms. The molecule has 8 heteroatoms. The van der Waals surface area contributed by atoms with Crippen molar-refractivity contribution in [3.05, 3.63) is 95.8 Å².